The van der Waals surface area contributed by atoms with Gasteiger partial charge in [-0.15, -0.1) is 0 Å². The first-order chi connectivity index (χ1) is 8.84. The highest BCUT2D eigenvalue weighted by molar-refractivity contribution is 5.48. The van der Waals surface area contributed by atoms with E-state index in [-0.39, 0.29) is 0 Å². The molecule has 98 valence electrons. The fraction of sp³-hybridized carbons (Fsp3) is 0.571. The number of fused-ring (bicyclic) bond motifs is 1. The number of hydrogen-bond acceptors (Lipinski definition) is 4. The van der Waals surface area contributed by atoms with Crippen molar-refractivity contribution >= 4 is 0 Å². The van der Waals surface area contributed by atoms with E-state index in [1.54, 1.807) is 0 Å². The lowest BCUT2D eigenvalue weighted by Gasteiger charge is -2.15. The van der Waals surface area contributed by atoms with E-state index in [0.29, 0.717) is 18.8 Å². The van der Waals surface area contributed by atoms with Gasteiger partial charge in [0.1, 0.15) is 0 Å². The predicted octanol–water partition coefficient (Wildman–Crippen LogP) is 1.93. The third kappa shape index (κ3) is 2.31. The summed E-state index contributed by atoms with van der Waals surface area (Å²) in [5, 5.41) is 3.49. The van der Waals surface area contributed by atoms with Crippen molar-refractivity contribution in [3.05, 3.63) is 23.8 Å². The van der Waals surface area contributed by atoms with Crippen LogP contribution in [0.5, 0.6) is 11.5 Å². The minimum absolute atomic E-state index is 0.333. The van der Waals surface area contributed by atoms with Crippen molar-refractivity contribution in [2.24, 2.45) is 5.92 Å². The van der Waals surface area contributed by atoms with Crippen molar-refractivity contribution in [1.82, 2.24) is 5.32 Å². The molecule has 0 saturated carbocycles. The van der Waals surface area contributed by atoms with Crippen LogP contribution in [-0.4, -0.2) is 26.0 Å². The zero-order chi connectivity index (χ0) is 12.4. The van der Waals surface area contributed by atoms with E-state index in [2.05, 4.69) is 18.3 Å². The third-order valence-corrected chi connectivity index (χ3v) is 3.73. The van der Waals surface area contributed by atoms with E-state index < -0.39 is 0 Å². The number of hydrogen-bond donors (Lipinski definition) is 1. The molecule has 2 aliphatic rings. The second-order valence-corrected chi connectivity index (χ2v) is 4.91. The molecule has 2 heterocycles. The minimum Gasteiger partial charge on any atom is -0.454 e. The molecular formula is C14H19NO3. The van der Waals surface area contributed by atoms with Crippen molar-refractivity contribution in [2.45, 2.75) is 26.0 Å². The molecule has 1 aromatic carbocycles. The van der Waals surface area contributed by atoms with E-state index in [1.165, 1.54) is 0 Å². The number of rotatable bonds is 4. The first kappa shape index (κ1) is 11.8. The second-order valence-electron chi connectivity index (χ2n) is 4.91. The van der Waals surface area contributed by atoms with Crippen molar-refractivity contribution in [3.8, 4) is 11.5 Å². The summed E-state index contributed by atoms with van der Waals surface area (Å²) in [4.78, 5) is 0. The average Bonchev–Trinajstić information content (AvgIpc) is 2.99. The molecule has 1 fully saturated rings. The van der Waals surface area contributed by atoms with Gasteiger partial charge in [0.15, 0.2) is 11.5 Å². The van der Waals surface area contributed by atoms with Crippen LogP contribution in [0.2, 0.25) is 0 Å². The van der Waals surface area contributed by atoms with Gasteiger partial charge in [0, 0.05) is 25.3 Å². The molecule has 1 aromatic rings. The summed E-state index contributed by atoms with van der Waals surface area (Å²) in [6.07, 6.45) is 1.53. The summed E-state index contributed by atoms with van der Waals surface area (Å²) in [7, 11) is 0. The van der Waals surface area contributed by atoms with Crippen molar-refractivity contribution in [3.63, 3.8) is 0 Å². The lowest BCUT2D eigenvalue weighted by Crippen LogP contribution is -2.26. The SMILES string of the molecule is CC1OCCC1CNCc1cccc2c1OCO2. The molecule has 2 unspecified atom stereocenters. The molecular weight excluding hydrogens is 230 g/mol. The number of nitrogens with one attached hydrogen (secondary N) is 1. The molecule has 4 nitrogen and oxygen atoms in total. The van der Waals surface area contributed by atoms with E-state index in [9.17, 15) is 0 Å². The molecule has 2 aliphatic heterocycles. The molecule has 4 heteroatoms. The Labute approximate surface area is 107 Å². The standard InChI is InChI=1S/C14H19NO3/c1-10-11(5-6-16-10)7-15-8-12-3-2-4-13-14(12)18-9-17-13/h2-4,10-11,15H,5-9H2,1H3. The summed E-state index contributed by atoms with van der Waals surface area (Å²) >= 11 is 0. The molecule has 0 amide bonds. The Bertz CT molecular complexity index is 422. The summed E-state index contributed by atoms with van der Waals surface area (Å²) in [6.45, 7) is 5.18. The second kappa shape index (κ2) is 5.16. The van der Waals surface area contributed by atoms with E-state index in [1.807, 2.05) is 12.1 Å². The fourth-order valence-corrected chi connectivity index (χ4v) is 2.57. The van der Waals surface area contributed by atoms with Crippen molar-refractivity contribution < 1.29 is 14.2 Å². The fourth-order valence-electron chi connectivity index (χ4n) is 2.57. The molecule has 0 bridgehead atoms. The van der Waals surface area contributed by atoms with Crippen LogP contribution in [-0.2, 0) is 11.3 Å². The zero-order valence-electron chi connectivity index (χ0n) is 10.6. The Morgan fingerprint density at radius 1 is 1.33 bits per heavy atom. The Balaban J connectivity index is 1.56. The summed E-state index contributed by atoms with van der Waals surface area (Å²) in [5.41, 5.74) is 1.16. The van der Waals surface area contributed by atoms with Gasteiger partial charge in [0.25, 0.3) is 0 Å². The maximum Gasteiger partial charge on any atom is 0.231 e. The highest BCUT2D eigenvalue weighted by Crippen LogP contribution is 2.35. The van der Waals surface area contributed by atoms with Crippen LogP contribution >= 0.6 is 0 Å². The summed E-state index contributed by atoms with van der Waals surface area (Å²) < 4.78 is 16.4. The maximum atomic E-state index is 5.56. The molecule has 18 heavy (non-hydrogen) atoms. The summed E-state index contributed by atoms with van der Waals surface area (Å²) in [5.74, 6) is 2.37. The quantitative estimate of drug-likeness (QED) is 0.885. The van der Waals surface area contributed by atoms with Crippen LogP contribution in [0, 0.1) is 5.92 Å². The molecule has 1 N–H and O–H groups in total. The topological polar surface area (TPSA) is 39.7 Å². The van der Waals surface area contributed by atoms with Gasteiger partial charge < -0.3 is 19.5 Å². The number of ether oxygens (including phenoxy) is 3. The first-order valence-corrected chi connectivity index (χ1v) is 6.54. The van der Waals surface area contributed by atoms with Crippen LogP contribution in [0.25, 0.3) is 0 Å². The molecule has 3 rings (SSSR count). The van der Waals surface area contributed by atoms with Crippen molar-refractivity contribution in [1.29, 1.82) is 0 Å². The van der Waals surface area contributed by atoms with E-state index in [0.717, 1.165) is 43.2 Å². The van der Waals surface area contributed by atoms with Gasteiger partial charge in [-0.05, 0) is 25.3 Å². The highest BCUT2D eigenvalue weighted by Gasteiger charge is 2.24. The Morgan fingerprint density at radius 2 is 2.28 bits per heavy atom. The van der Waals surface area contributed by atoms with Crippen molar-refractivity contribution in [2.75, 3.05) is 19.9 Å². The van der Waals surface area contributed by atoms with Crippen LogP contribution in [0.4, 0.5) is 0 Å². The number of para-hydroxylation sites is 1. The van der Waals surface area contributed by atoms with Gasteiger partial charge in [-0.1, -0.05) is 12.1 Å². The lowest BCUT2D eigenvalue weighted by molar-refractivity contribution is 0.105. The Morgan fingerprint density at radius 3 is 3.11 bits per heavy atom. The van der Waals surface area contributed by atoms with Crippen LogP contribution in [0.1, 0.15) is 18.9 Å². The molecule has 1 saturated heterocycles. The summed E-state index contributed by atoms with van der Waals surface area (Å²) in [6, 6.07) is 6.03. The Kier molecular flexibility index (Phi) is 3.39. The Hall–Kier alpha value is -1.26. The molecule has 0 radical (unpaired) electrons. The van der Waals surface area contributed by atoms with Crippen LogP contribution in [0.3, 0.4) is 0 Å². The zero-order valence-corrected chi connectivity index (χ0v) is 10.6. The van der Waals surface area contributed by atoms with E-state index >= 15 is 0 Å². The van der Waals surface area contributed by atoms with Gasteiger partial charge in [-0.25, -0.2) is 0 Å². The van der Waals surface area contributed by atoms with Gasteiger partial charge >= 0.3 is 0 Å². The number of benzene rings is 1. The predicted molar refractivity (Wildman–Crippen MR) is 67.8 cm³/mol. The van der Waals surface area contributed by atoms with Gasteiger partial charge in [-0.2, -0.15) is 0 Å². The molecule has 0 spiro atoms. The normalized spacial score (nSPS) is 25.6. The highest BCUT2D eigenvalue weighted by atomic mass is 16.7. The minimum atomic E-state index is 0.333. The van der Waals surface area contributed by atoms with Crippen LogP contribution < -0.4 is 14.8 Å². The lowest BCUT2D eigenvalue weighted by atomic mass is 10.0. The largest absolute Gasteiger partial charge is 0.454 e. The van der Waals surface area contributed by atoms with Gasteiger partial charge in [0.05, 0.1) is 6.10 Å². The molecule has 0 aliphatic carbocycles. The van der Waals surface area contributed by atoms with Gasteiger partial charge in [0.2, 0.25) is 6.79 Å². The maximum absolute atomic E-state index is 5.56. The molecule has 2 atom stereocenters. The third-order valence-electron chi connectivity index (χ3n) is 3.73. The average molecular weight is 249 g/mol. The smallest absolute Gasteiger partial charge is 0.231 e. The monoisotopic (exact) mass is 249 g/mol. The van der Waals surface area contributed by atoms with Gasteiger partial charge in [-0.3, -0.25) is 0 Å². The molecule has 0 aromatic heterocycles. The van der Waals surface area contributed by atoms with Crippen LogP contribution in [0.15, 0.2) is 18.2 Å². The first-order valence-electron chi connectivity index (χ1n) is 6.54. The van der Waals surface area contributed by atoms with E-state index in [4.69, 9.17) is 14.2 Å².